The Morgan fingerprint density at radius 2 is 2.10 bits per heavy atom. The van der Waals surface area contributed by atoms with E-state index in [1.165, 1.54) is 0 Å². The van der Waals surface area contributed by atoms with Gasteiger partial charge in [0.05, 0.1) is 18.3 Å². The van der Waals surface area contributed by atoms with Gasteiger partial charge in [-0.1, -0.05) is 26.8 Å². The fourth-order valence-electron chi connectivity index (χ4n) is 4.15. The number of anilines is 2. The van der Waals surface area contributed by atoms with Crippen molar-refractivity contribution in [3.8, 4) is 0 Å². The average molecular weight is 420 g/mol. The number of halogens is 1. The summed E-state index contributed by atoms with van der Waals surface area (Å²) in [6.07, 6.45) is 7.33. The van der Waals surface area contributed by atoms with Crippen molar-refractivity contribution in [1.29, 1.82) is 0 Å². The normalized spacial score (nSPS) is 25.3. The Hall–Kier alpha value is -1.66. The lowest BCUT2D eigenvalue weighted by Gasteiger charge is -2.51. The largest absolute Gasteiger partial charge is 0.378 e. The van der Waals surface area contributed by atoms with Crippen molar-refractivity contribution < 1.29 is 4.74 Å². The van der Waals surface area contributed by atoms with Crippen molar-refractivity contribution in [3.63, 3.8) is 0 Å². The van der Waals surface area contributed by atoms with Crippen molar-refractivity contribution in [2.45, 2.75) is 91.0 Å². The van der Waals surface area contributed by atoms with Crippen LogP contribution in [0.1, 0.15) is 66.7 Å². The Balaban J connectivity index is 1.97. The van der Waals surface area contributed by atoms with Crippen LogP contribution < -0.4 is 9.80 Å². The molecule has 1 fully saturated rings. The lowest BCUT2D eigenvalue weighted by molar-refractivity contribution is -0.0121. The summed E-state index contributed by atoms with van der Waals surface area (Å²) in [6, 6.07) is 0.666. The van der Waals surface area contributed by atoms with Gasteiger partial charge in [0.1, 0.15) is 11.5 Å². The van der Waals surface area contributed by atoms with E-state index < -0.39 is 0 Å². The van der Waals surface area contributed by atoms with Gasteiger partial charge < -0.3 is 9.64 Å². The van der Waals surface area contributed by atoms with E-state index in [1.807, 2.05) is 6.92 Å². The molecule has 0 unspecified atom stereocenters. The smallest absolute Gasteiger partial charge is 0.224 e. The van der Waals surface area contributed by atoms with Crippen LogP contribution in [-0.4, -0.2) is 46.6 Å². The van der Waals surface area contributed by atoms with Gasteiger partial charge in [-0.25, -0.2) is 4.98 Å². The molecule has 1 aliphatic carbocycles. The zero-order valence-corrected chi connectivity index (χ0v) is 19.1. The molecule has 0 bridgehead atoms. The second-order valence-electron chi connectivity index (χ2n) is 8.30. The second-order valence-corrected chi connectivity index (χ2v) is 8.64. The molecule has 1 aromatic rings. The minimum Gasteiger partial charge on any atom is -0.378 e. The van der Waals surface area contributed by atoms with E-state index in [2.05, 4.69) is 54.0 Å². The minimum atomic E-state index is 0.120. The Morgan fingerprint density at radius 1 is 1.38 bits per heavy atom. The molecule has 3 rings (SSSR count). The highest BCUT2D eigenvalue weighted by Crippen LogP contribution is 2.43. The van der Waals surface area contributed by atoms with Gasteiger partial charge in [-0.05, 0) is 58.1 Å². The maximum absolute atomic E-state index is 6.22. The van der Waals surface area contributed by atoms with Crippen LogP contribution in [0.25, 0.3) is 0 Å². The van der Waals surface area contributed by atoms with Gasteiger partial charge in [0.15, 0.2) is 5.82 Å². The number of amidine groups is 1. The number of rotatable bonds is 8. The molecule has 1 aromatic heterocycles. The first kappa shape index (κ1) is 22.0. The van der Waals surface area contributed by atoms with Gasteiger partial charge in [-0.3, -0.25) is 9.89 Å². The van der Waals surface area contributed by atoms with Crippen molar-refractivity contribution in [1.82, 2.24) is 9.97 Å². The molecular formula is C22H34ClN5O. The second kappa shape index (κ2) is 9.43. The maximum Gasteiger partial charge on any atom is 0.224 e. The predicted octanol–water partition coefficient (Wildman–Crippen LogP) is 5.22. The van der Waals surface area contributed by atoms with Crippen LogP contribution in [0.4, 0.5) is 11.5 Å². The Bertz CT molecular complexity index is 760. The molecular weight excluding hydrogens is 386 g/mol. The summed E-state index contributed by atoms with van der Waals surface area (Å²) in [6.45, 7) is 15.7. The van der Waals surface area contributed by atoms with Gasteiger partial charge >= 0.3 is 0 Å². The first-order valence-corrected chi connectivity index (χ1v) is 11.2. The van der Waals surface area contributed by atoms with E-state index in [-0.39, 0.29) is 17.4 Å². The number of fused-ring (bicyclic) bond motifs is 1. The first-order chi connectivity index (χ1) is 13.9. The number of allylic oxidation sites excluding steroid dienone is 1. The molecule has 0 saturated heterocycles. The number of ether oxygens (including phenoxy) is 1. The van der Waals surface area contributed by atoms with Crippen LogP contribution in [0.2, 0.25) is 5.28 Å². The number of unbranched alkanes of at least 4 members (excludes halogenated alkanes) is 1. The Labute approximate surface area is 180 Å². The molecule has 6 nitrogen and oxygen atoms in total. The molecule has 0 radical (unpaired) electrons. The molecule has 29 heavy (non-hydrogen) atoms. The molecule has 0 N–H and O–H groups in total. The minimum absolute atomic E-state index is 0.120. The van der Waals surface area contributed by atoms with Crippen molar-refractivity contribution in [2.24, 2.45) is 4.99 Å². The van der Waals surface area contributed by atoms with Crippen LogP contribution in [0.5, 0.6) is 0 Å². The summed E-state index contributed by atoms with van der Waals surface area (Å²) in [5, 5.41) is 0.268. The summed E-state index contributed by atoms with van der Waals surface area (Å²) >= 11 is 6.22. The highest BCUT2D eigenvalue weighted by atomic mass is 35.5. The summed E-state index contributed by atoms with van der Waals surface area (Å²) in [5.74, 6) is 1.89. The lowest BCUT2D eigenvalue weighted by atomic mass is 9.85. The Kier molecular flexibility index (Phi) is 7.17. The molecule has 0 spiro atoms. The fourth-order valence-corrected chi connectivity index (χ4v) is 4.28. The third-order valence-corrected chi connectivity index (χ3v) is 5.72. The zero-order chi connectivity index (χ0) is 21.1. The van der Waals surface area contributed by atoms with Crippen LogP contribution in [0.3, 0.4) is 0 Å². The third kappa shape index (κ3) is 4.58. The molecule has 2 aliphatic rings. The van der Waals surface area contributed by atoms with E-state index in [0.29, 0.717) is 12.1 Å². The van der Waals surface area contributed by atoms with Crippen LogP contribution in [0, 0.1) is 0 Å². The standard InChI is InChI=1S/C22H34ClN5O/c1-7-9-10-29-17-11-16(12-17)28-18(8-2)20(25-14(3)4)27(15(5)6)19-13-24-22(23)26-21(19)28/h13-14,16-18H,5,7-12H2,1-4,6H3/t16?,17?,18-/m1/s1. The topological polar surface area (TPSA) is 53.9 Å². The monoisotopic (exact) mass is 419 g/mol. The summed E-state index contributed by atoms with van der Waals surface area (Å²) in [7, 11) is 0. The van der Waals surface area contributed by atoms with Gasteiger partial charge in [-0.15, -0.1) is 0 Å². The van der Waals surface area contributed by atoms with Gasteiger partial charge in [0.2, 0.25) is 5.28 Å². The number of aliphatic imine (C=N–C) groups is 1. The Morgan fingerprint density at radius 3 is 2.69 bits per heavy atom. The quantitative estimate of drug-likeness (QED) is 0.427. The van der Waals surface area contributed by atoms with E-state index in [0.717, 1.165) is 61.7 Å². The number of hydrogen-bond acceptors (Lipinski definition) is 5. The summed E-state index contributed by atoms with van der Waals surface area (Å²) in [5.41, 5.74) is 1.81. The highest BCUT2D eigenvalue weighted by Gasteiger charge is 2.45. The van der Waals surface area contributed by atoms with Crippen LogP contribution in [-0.2, 0) is 4.74 Å². The summed E-state index contributed by atoms with van der Waals surface area (Å²) < 4.78 is 6.03. The highest BCUT2D eigenvalue weighted by molar-refractivity contribution is 6.28. The fraction of sp³-hybridized carbons (Fsp3) is 0.682. The SMILES string of the molecule is C=C(C)N1C(=NC(C)C)[C@@H](CC)N(C2CC(OCCCC)C2)c2nc(Cl)ncc21. The number of nitrogens with zero attached hydrogens (tertiary/aromatic N) is 5. The average Bonchev–Trinajstić information content (AvgIpc) is 2.62. The molecule has 160 valence electrons. The van der Waals surface area contributed by atoms with Crippen molar-refractivity contribution >= 4 is 28.9 Å². The van der Waals surface area contributed by atoms with Crippen LogP contribution in [0.15, 0.2) is 23.5 Å². The van der Waals surface area contributed by atoms with Gasteiger partial charge in [0.25, 0.3) is 0 Å². The summed E-state index contributed by atoms with van der Waals surface area (Å²) in [4.78, 5) is 18.4. The molecule has 0 aromatic carbocycles. The predicted molar refractivity (Wildman–Crippen MR) is 121 cm³/mol. The third-order valence-electron chi connectivity index (χ3n) is 5.54. The van der Waals surface area contributed by atoms with Crippen molar-refractivity contribution in [3.05, 3.63) is 23.8 Å². The zero-order valence-electron chi connectivity index (χ0n) is 18.4. The van der Waals surface area contributed by atoms with Crippen LogP contribution >= 0.6 is 11.6 Å². The molecule has 7 heteroatoms. The van der Waals surface area contributed by atoms with E-state index >= 15 is 0 Å². The molecule has 2 heterocycles. The van der Waals surface area contributed by atoms with Gasteiger partial charge in [-0.2, -0.15) is 4.98 Å². The maximum atomic E-state index is 6.22. The molecule has 0 amide bonds. The number of hydrogen-bond donors (Lipinski definition) is 0. The number of aromatic nitrogens is 2. The van der Waals surface area contributed by atoms with E-state index in [4.69, 9.17) is 21.3 Å². The van der Waals surface area contributed by atoms with E-state index in [9.17, 15) is 0 Å². The van der Waals surface area contributed by atoms with E-state index in [1.54, 1.807) is 6.20 Å². The first-order valence-electron chi connectivity index (χ1n) is 10.8. The van der Waals surface area contributed by atoms with Gasteiger partial charge in [0, 0.05) is 24.4 Å². The van der Waals surface area contributed by atoms with Crippen molar-refractivity contribution in [2.75, 3.05) is 16.4 Å². The molecule has 1 aliphatic heterocycles. The molecule has 1 atom stereocenters. The lowest BCUT2D eigenvalue weighted by Crippen LogP contribution is -2.60. The molecule has 1 saturated carbocycles.